The van der Waals surface area contributed by atoms with Gasteiger partial charge in [0.15, 0.2) is 5.75 Å². The van der Waals surface area contributed by atoms with Gasteiger partial charge in [-0.05, 0) is 24.6 Å². The van der Waals surface area contributed by atoms with E-state index in [1.54, 1.807) is 12.1 Å². The Morgan fingerprint density at radius 1 is 1.43 bits per heavy atom. The Balaban J connectivity index is 1.87. The maximum atomic E-state index is 12.2. The van der Waals surface area contributed by atoms with Crippen LogP contribution in [0, 0.1) is 10.1 Å². The molecule has 0 radical (unpaired) electrons. The fraction of sp³-hybridized carbons (Fsp3) is 0.533. The lowest BCUT2D eigenvalue weighted by atomic mass is 10.2. The van der Waals surface area contributed by atoms with Crippen molar-refractivity contribution in [3.05, 3.63) is 33.9 Å². The molecule has 0 aromatic heterocycles. The first-order valence-corrected chi connectivity index (χ1v) is 8.65. The lowest BCUT2D eigenvalue weighted by Gasteiger charge is -2.19. The minimum Gasteiger partial charge on any atom is -0.490 e. The molecular formula is C15H21N3O4S. The molecule has 0 saturated carbocycles. The van der Waals surface area contributed by atoms with Crippen LogP contribution < -0.4 is 10.1 Å². The molecule has 1 aliphatic rings. The molecule has 1 N–H and O–H groups in total. The quantitative estimate of drug-likeness (QED) is 0.627. The van der Waals surface area contributed by atoms with Crippen LogP contribution in [0.15, 0.2) is 18.2 Å². The van der Waals surface area contributed by atoms with Gasteiger partial charge in [-0.3, -0.25) is 14.9 Å². The molecule has 1 aromatic carbocycles. The van der Waals surface area contributed by atoms with Crippen LogP contribution in [0.25, 0.3) is 0 Å². The maximum absolute atomic E-state index is 12.2. The van der Waals surface area contributed by atoms with Gasteiger partial charge in [0.1, 0.15) is 0 Å². The first kappa shape index (κ1) is 17.6. The van der Waals surface area contributed by atoms with Crippen LogP contribution >= 0.6 is 11.8 Å². The SMILES string of the molecule is COc1ccc(CSCC(=O)N2CCCNCC2)cc1[N+](=O)[O-]. The van der Waals surface area contributed by atoms with E-state index in [2.05, 4.69) is 5.32 Å². The summed E-state index contributed by atoms with van der Waals surface area (Å²) in [5, 5.41) is 14.3. The second-order valence-corrected chi connectivity index (χ2v) is 6.23. The number of hydrogen-bond donors (Lipinski definition) is 1. The van der Waals surface area contributed by atoms with Gasteiger partial charge in [-0.25, -0.2) is 0 Å². The predicted octanol–water partition coefficient (Wildman–Crippen LogP) is 1.66. The van der Waals surface area contributed by atoms with E-state index < -0.39 is 4.92 Å². The van der Waals surface area contributed by atoms with E-state index >= 15 is 0 Å². The van der Waals surface area contributed by atoms with Crippen LogP contribution in [0.1, 0.15) is 12.0 Å². The first-order chi connectivity index (χ1) is 11.1. The summed E-state index contributed by atoms with van der Waals surface area (Å²) < 4.78 is 4.98. The lowest BCUT2D eigenvalue weighted by Crippen LogP contribution is -2.35. The van der Waals surface area contributed by atoms with E-state index in [1.807, 2.05) is 4.90 Å². The Bertz CT molecular complexity index is 560. The fourth-order valence-corrected chi connectivity index (χ4v) is 3.29. The first-order valence-electron chi connectivity index (χ1n) is 7.49. The number of nitrogens with zero attached hydrogens (tertiary/aromatic N) is 2. The largest absolute Gasteiger partial charge is 0.490 e. The summed E-state index contributed by atoms with van der Waals surface area (Å²) in [6, 6.07) is 4.89. The van der Waals surface area contributed by atoms with Gasteiger partial charge in [0, 0.05) is 31.5 Å². The summed E-state index contributed by atoms with van der Waals surface area (Å²) in [5.41, 5.74) is 0.767. The van der Waals surface area contributed by atoms with Gasteiger partial charge in [-0.1, -0.05) is 6.07 Å². The summed E-state index contributed by atoms with van der Waals surface area (Å²) in [7, 11) is 1.41. The molecule has 23 heavy (non-hydrogen) atoms. The number of rotatable bonds is 6. The van der Waals surface area contributed by atoms with Crippen LogP contribution in [0.4, 0.5) is 5.69 Å². The molecule has 1 aliphatic heterocycles. The number of nitro benzene ring substituents is 1. The molecule has 1 fully saturated rings. The Kier molecular flexibility index (Phi) is 6.66. The van der Waals surface area contributed by atoms with Crippen molar-refractivity contribution in [1.29, 1.82) is 0 Å². The Labute approximate surface area is 139 Å². The number of carbonyl (C=O) groups excluding carboxylic acids is 1. The normalized spacial score (nSPS) is 15.1. The average molecular weight is 339 g/mol. The van der Waals surface area contributed by atoms with Gasteiger partial charge in [0.05, 0.1) is 17.8 Å². The van der Waals surface area contributed by atoms with Crippen molar-refractivity contribution in [2.45, 2.75) is 12.2 Å². The average Bonchev–Trinajstić information content (AvgIpc) is 2.84. The predicted molar refractivity (Wildman–Crippen MR) is 89.9 cm³/mol. The third-order valence-corrected chi connectivity index (χ3v) is 4.62. The third kappa shape index (κ3) is 5.11. The van der Waals surface area contributed by atoms with Crippen molar-refractivity contribution in [2.75, 3.05) is 39.0 Å². The highest BCUT2D eigenvalue weighted by Crippen LogP contribution is 2.29. The van der Waals surface area contributed by atoms with Crippen LogP contribution in [-0.2, 0) is 10.5 Å². The van der Waals surface area contributed by atoms with E-state index in [-0.39, 0.29) is 17.3 Å². The molecule has 7 nitrogen and oxygen atoms in total. The summed E-state index contributed by atoms with van der Waals surface area (Å²) in [6.07, 6.45) is 0.973. The topological polar surface area (TPSA) is 84.7 Å². The summed E-state index contributed by atoms with van der Waals surface area (Å²) in [5.74, 6) is 1.32. The molecule has 1 amide bonds. The minimum absolute atomic E-state index is 0.0458. The van der Waals surface area contributed by atoms with Crippen LogP contribution in [0.5, 0.6) is 5.75 Å². The van der Waals surface area contributed by atoms with Gasteiger partial charge >= 0.3 is 5.69 Å². The number of carbonyl (C=O) groups is 1. The zero-order chi connectivity index (χ0) is 16.7. The Hall–Kier alpha value is -1.80. The van der Waals surface area contributed by atoms with E-state index in [1.165, 1.54) is 24.9 Å². The molecule has 8 heteroatoms. The van der Waals surface area contributed by atoms with Crippen molar-refractivity contribution in [3.63, 3.8) is 0 Å². The van der Waals surface area contributed by atoms with E-state index in [4.69, 9.17) is 4.74 Å². The van der Waals surface area contributed by atoms with Gasteiger partial charge in [0.2, 0.25) is 5.91 Å². The number of thioether (sulfide) groups is 1. The highest BCUT2D eigenvalue weighted by atomic mass is 32.2. The summed E-state index contributed by atoms with van der Waals surface area (Å²) in [4.78, 5) is 24.6. The summed E-state index contributed by atoms with van der Waals surface area (Å²) in [6.45, 7) is 3.32. The van der Waals surface area contributed by atoms with Crippen molar-refractivity contribution in [1.82, 2.24) is 10.2 Å². The van der Waals surface area contributed by atoms with E-state index in [0.29, 0.717) is 11.5 Å². The van der Waals surface area contributed by atoms with Crippen molar-refractivity contribution < 1.29 is 14.5 Å². The molecule has 0 bridgehead atoms. The minimum atomic E-state index is -0.456. The number of ether oxygens (including phenoxy) is 1. The fourth-order valence-electron chi connectivity index (χ4n) is 2.41. The number of amides is 1. The molecule has 0 unspecified atom stereocenters. The number of nitro groups is 1. The molecule has 1 aromatic rings. The zero-order valence-corrected chi connectivity index (χ0v) is 13.9. The number of methoxy groups -OCH3 is 1. The molecule has 0 aliphatic carbocycles. The van der Waals surface area contributed by atoms with Crippen molar-refractivity contribution >= 4 is 23.4 Å². The third-order valence-electron chi connectivity index (χ3n) is 3.63. The maximum Gasteiger partial charge on any atom is 0.311 e. The van der Waals surface area contributed by atoms with Gasteiger partial charge in [-0.15, -0.1) is 11.8 Å². The highest BCUT2D eigenvalue weighted by Gasteiger charge is 2.17. The number of nitrogens with one attached hydrogen (secondary N) is 1. The Morgan fingerprint density at radius 2 is 2.26 bits per heavy atom. The highest BCUT2D eigenvalue weighted by molar-refractivity contribution is 7.99. The van der Waals surface area contributed by atoms with Crippen LogP contribution in [0.3, 0.4) is 0 Å². The van der Waals surface area contributed by atoms with Gasteiger partial charge in [0.25, 0.3) is 0 Å². The van der Waals surface area contributed by atoms with E-state index in [9.17, 15) is 14.9 Å². The Morgan fingerprint density at radius 3 is 3.00 bits per heavy atom. The van der Waals surface area contributed by atoms with E-state index in [0.717, 1.165) is 38.2 Å². The summed E-state index contributed by atoms with van der Waals surface area (Å²) >= 11 is 1.47. The standard InChI is InChI=1S/C15H21N3O4S/c1-22-14-4-3-12(9-13(14)18(20)21)10-23-11-15(19)17-7-2-5-16-6-8-17/h3-4,9,16H,2,5-8,10-11H2,1H3. The molecule has 1 saturated heterocycles. The number of hydrogen-bond acceptors (Lipinski definition) is 6. The molecular weight excluding hydrogens is 318 g/mol. The van der Waals surface area contributed by atoms with Gasteiger partial charge in [-0.2, -0.15) is 0 Å². The molecule has 0 atom stereocenters. The molecule has 2 rings (SSSR count). The second-order valence-electron chi connectivity index (χ2n) is 5.24. The lowest BCUT2D eigenvalue weighted by molar-refractivity contribution is -0.385. The number of benzene rings is 1. The molecule has 0 spiro atoms. The smallest absolute Gasteiger partial charge is 0.311 e. The van der Waals surface area contributed by atoms with Gasteiger partial charge < -0.3 is 15.0 Å². The van der Waals surface area contributed by atoms with Crippen molar-refractivity contribution in [2.24, 2.45) is 0 Å². The second kappa shape index (κ2) is 8.73. The van der Waals surface area contributed by atoms with Crippen LogP contribution in [0.2, 0.25) is 0 Å². The molecule has 1 heterocycles. The van der Waals surface area contributed by atoms with Crippen LogP contribution in [-0.4, -0.2) is 54.8 Å². The zero-order valence-electron chi connectivity index (χ0n) is 13.1. The monoisotopic (exact) mass is 339 g/mol. The van der Waals surface area contributed by atoms with Crippen molar-refractivity contribution in [3.8, 4) is 5.75 Å². The molecule has 126 valence electrons.